The van der Waals surface area contributed by atoms with E-state index in [1.54, 1.807) is 6.33 Å². The number of carbonyl (C=O) groups excluding carboxylic acids is 1. The van der Waals surface area contributed by atoms with Crippen LogP contribution < -0.4 is 5.32 Å². The summed E-state index contributed by atoms with van der Waals surface area (Å²) in [6.07, 6.45) is 11.9. The minimum Gasteiger partial charge on any atom is -0.365 e. The summed E-state index contributed by atoms with van der Waals surface area (Å²) in [7, 11) is 3.87. The van der Waals surface area contributed by atoms with E-state index in [1.165, 1.54) is 5.56 Å². The van der Waals surface area contributed by atoms with Gasteiger partial charge in [-0.15, -0.1) is 10.2 Å². The van der Waals surface area contributed by atoms with Crippen LogP contribution in [0.15, 0.2) is 102 Å². The van der Waals surface area contributed by atoms with Gasteiger partial charge in [-0.25, -0.2) is 0 Å². The fourth-order valence-corrected chi connectivity index (χ4v) is 4.62. The van der Waals surface area contributed by atoms with Crippen molar-refractivity contribution < 1.29 is 4.79 Å². The van der Waals surface area contributed by atoms with E-state index in [0.717, 1.165) is 35.6 Å². The summed E-state index contributed by atoms with van der Waals surface area (Å²) in [6, 6.07) is 17.6. The molecule has 38 heavy (non-hydrogen) atoms. The minimum atomic E-state index is -0.461. The number of hydrogen-bond donors (Lipinski definition) is 1. The van der Waals surface area contributed by atoms with Gasteiger partial charge in [0.2, 0.25) is 0 Å². The molecule has 1 aliphatic carbocycles. The maximum Gasteiger partial charge on any atom is 0.251 e. The van der Waals surface area contributed by atoms with Crippen LogP contribution in [0.2, 0.25) is 0 Å². The molecular weight excluding hydrogens is 474 g/mol. The number of aromatic nitrogens is 3. The number of aliphatic imine (C=N–C) groups is 1. The van der Waals surface area contributed by atoms with E-state index in [4.69, 9.17) is 0 Å². The van der Waals surface area contributed by atoms with Crippen LogP contribution in [0.5, 0.6) is 0 Å². The number of rotatable bonds is 9. The highest BCUT2D eigenvalue weighted by atomic mass is 16.2. The van der Waals surface area contributed by atoms with Crippen LogP contribution >= 0.6 is 0 Å². The molecule has 0 spiro atoms. The number of hydrogen-bond acceptors (Lipinski definition) is 6. The molecule has 1 aromatic heterocycles. The summed E-state index contributed by atoms with van der Waals surface area (Å²) in [4.78, 5) is 21.5. The number of amides is 1. The highest BCUT2D eigenvalue weighted by Crippen LogP contribution is 2.37. The number of benzene rings is 2. The Morgan fingerprint density at radius 2 is 2.00 bits per heavy atom. The molecule has 8 nitrogen and oxygen atoms in total. The Morgan fingerprint density at radius 1 is 1.21 bits per heavy atom. The molecule has 194 valence electrons. The summed E-state index contributed by atoms with van der Waals surface area (Å²) in [5.74, 6) is 1.12. The van der Waals surface area contributed by atoms with E-state index in [2.05, 4.69) is 46.3 Å². The zero-order valence-corrected chi connectivity index (χ0v) is 22.0. The Bertz CT molecular complexity index is 1400. The van der Waals surface area contributed by atoms with Gasteiger partial charge in [0.1, 0.15) is 12.4 Å². The van der Waals surface area contributed by atoms with Gasteiger partial charge >= 0.3 is 0 Å². The second-order valence-electron chi connectivity index (χ2n) is 9.83. The van der Waals surface area contributed by atoms with Gasteiger partial charge in [0.05, 0.1) is 11.7 Å². The number of nitrogens with one attached hydrogen (secondary N) is 1. The zero-order chi connectivity index (χ0) is 26.6. The number of nitrogens with zero attached hydrogens (tertiary/aromatic N) is 6. The van der Waals surface area contributed by atoms with Crippen LogP contribution in [0.3, 0.4) is 0 Å². The summed E-state index contributed by atoms with van der Waals surface area (Å²) in [5.41, 5.74) is 4.68. The first-order valence-corrected chi connectivity index (χ1v) is 12.8. The number of carbonyl (C=O) groups is 1. The molecule has 2 aromatic carbocycles. The molecule has 1 N–H and O–H groups in total. The highest BCUT2D eigenvalue weighted by molar-refractivity contribution is 5.97. The van der Waals surface area contributed by atoms with Crippen LogP contribution in [0.25, 0.3) is 11.4 Å². The van der Waals surface area contributed by atoms with E-state index in [0.29, 0.717) is 11.6 Å². The van der Waals surface area contributed by atoms with Crippen molar-refractivity contribution in [2.75, 3.05) is 19.4 Å². The van der Waals surface area contributed by atoms with Gasteiger partial charge in [0.15, 0.2) is 5.82 Å². The van der Waals surface area contributed by atoms with Gasteiger partial charge in [-0.3, -0.25) is 9.79 Å². The maximum absolute atomic E-state index is 13.4. The third-order valence-electron chi connectivity index (χ3n) is 7.09. The lowest BCUT2D eigenvalue weighted by Crippen LogP contribution is -2.40. The lowest BCUT2D eigenvalue weighted by atomic mass is 10.1. The van der Waals surface area contributed by atoms with E-state index in [9.17, 15) is 4.79 Å². The lowest BCUT2D eigenvalue weighted by molar-refractivity contribution is -0.118. The normalized spacial score (nSPS) is 18.1. The third kappa shape index (κ3) is 5.44. The predicted octanol–water partition coefficient (Wildman–Crippen LogP) is 5.09. The Balaban J connectivity index is 1.33. The zero-order valence-electron chi connectivity index (χ0n) is 22.0. The average Bonchev–Trinajstić information content (AvgIpc) is 3.67. The second kappa shape index (κ2) is 10.9. The topological polar surface area (TPSA) is 78.6 Å². The van der Waals surface area contributed by atoms with Crippen LogP contribution in [-0.2, 0) is 4.79 Å². The standard InChI is InChI=1S/C30H33N7O/c1-21(22-9-6-5-7-10-22)37-20-32-34-29(37)24-11-8-12-25(17-24)33-30(38)28-18-26(15-16-35(28)3)36(4)19-27(31-2)23-13-14-23/h5-12,15-21,23,28H,2,13-14H2,1,3-4H3,(H,33,38). The maximum atomic E-state index is 13.4. The molecule has 2 unspecified atom stereocenters. The molecule has 1 saturated carbocycles. The van der Waals surface area contributed by atoms with Crippen molar-refractivity contribution in [3.8, 4) is 11.4 Å². The fourth-order valence-electron chi connectivity index (χ4n) is 4.62. The molecule has 2 heterocycles. The van der Waals surface area contributed by atoms with E-state index >= 15 is 0 Å². The summed E-state index contributed by atoms with van der Waals surface area (Å²) >= 11 is 0. The molecular formula is C30H33N7O. The monoisotopic (exact) mass is 507 g/mol. The Hall–Kier alpha value is -4.46. The van der Waals surface area contributed by atoms with Crippen molar-refractivity contribution in [3.63, 3.8) is 0 Å². The molecule has 1 aliphatic heterocycles. The Kier molecular flexibility index (Phi) is 7.22. The number of allylic oxidation sites excluding steroid dienone is 2. The van der Waals surface area contributed by atoms with Crippen molar-refractivity contribution in [3.05, 3.63) is 102 Å². The fraction of sp³-hybridized carbons (Fsp3) is 0.267. The predicted molar refractivity (Wildman–Crippen MR) is 151 cm³/mol. The summed E-state index contributed by atoms with van der Waals surface area (Å²) in [6.45, 7) is 5.83. The first kappa shape index (κ1) is 25.2. The van der Waals surface area contributed by atoms with Crippen molar-refractivity contribution in [1.82, 2.24) is 24.6 Å². The molecule has 1 amide bonds. The van der Waals surface area contributed by atoms with Gasteiger partial charge in [-0.2, -0.15) is 0 Å². The Morgan fingerprint density at radius 3 is 2.74 bits per heavy atom. The molecule has 8 heteroatoms. The van der Waals surface area contributed by atoms with Gasteiger partial charge in [-0.1, -0.05) is 42.5 Å². The molecule has 0 radical (unpaired) electrons. The van der Waals surface area contributed by atoms with Crippen molar-refractivity contribution in [2.24, 2.45) is 10.9 Å². The minimum absolute atomic E-state index is 0.0634. The van der Waals surface area contributed by atoms with Crippen molar-refractivity contribution >= 4 is 18.3 Å². The average molecular weight is 508 g/mol. The van der Waals surface area contributed by atoms with E-state index < -0.39 is 6.04 Å². The second-order valence-corrected chi connectivity index (χ2v) is 9.83. The van der Waals surface area contributed by atoms with Crippen LogP contribution in [-0.4, -0.2) is 57.3 Å². The Labute approximate surface area is 223 Å². The molecule has 3 aromatic rings. The smallest absolute Gasteiger partial charge is 0.251 e. The van der Waals surface area contributed by atoms with Crippen LogP contribution in [0.4, 0.5) is 5.69 Å². The van der Waals surface area contributed by atoms with Gasteiger partial charge < -0.3 is 19.7 Å². The van der Waals surface area contributed by atoms with Gasteiger partial charge in [0, 0.05) is 49.4 Å². The van der Waals surface area contributed by atoms with Gasteiger partial charge in [-0.05, 0) is 56.3 Å². The largest absolute Gasteiger partial charge is 0.365 e. The lowest BCUT2D eigenvalue weighted by Gasteiger charge is -2.29. The molecule has 2 aliphatic rings. The van der Waals surface area contributed by atoms with Crippen molar-refractivity contribution in [2.45, 2.75) is 31.8 Å². The first-order valence-electron chi connectivity index (χ1n) is 12.8. The summed E-state index contributed by atoms with van der Waals surface area (Å²) in [5, 5.41) is 11.6. The highest BCUT2D eigenvalue weighted by Gasteiger charge is 2.27. The number of likely N-dealkylation sites (N-methyl/N-ethyl adjacent to an activating group) is 2. The summed E-state index contributed by atoms with van der Waals surface area (Å²) < 4.78 is 2.04. The molecule has 0 saturated heterocycles. The van der Waals surface area contributed by atoms with E-state index in [1.807, 2.05) is 95.5 Å². The number of anilines is 1. The first-order chi connectivity index (χ1) is 18.4. The molecule has 0 bridgehead atoms. The molecule has 2 atom stereocenters. The van der Waals surface area contributed by atoms with Crippen LogP contribution in [0, 0.1) is 5.92 Å². The van der Waals surface area contributed by atoms with Crippen molar-refractivity contribution in [1.29, 1.82) is 0 Å². The molecule has 5 rings (SSSR count). The van der Waals surface area contributed by atoms with E-state index in [-0.39, 0.29) is 11.9 Å². The SMILES string of the molecule is C=NC(=CN(C)C1=CC(C(=O)Nc2cccc(-c3nncn3C(C)c3ccccc3)c2)N(C)C=C1)C1CC1. The third-order valence-corrected chi connectivity index (χ3v) is 7.09. The molecule has 1 fully saturated rings. The quantitative estimate of drug-likeness (QED) is 0.408. The van der Waals surface area contributed by atoms with Crippen LogP contribution in [0.1, 0.15) is 31.4 Å². The van der Waals surface area contributed by atoms with Gasteiger partial charge in [0.25, 0.3) is 5.91 Å².